The number of carbonyl (C=O) groups is 1. The van der Waals surface area contributed by atoms with Crippen LogP contribution in [-0.4, -0.2) is 12.5 Å². The van der Waals surface area contributed by atoms with E-state index < -0.39 is 18.3 Å². The van der Waals surface area contributed by atoms with Gasteiger partial charge in [0.05, 0.1) is 5.56 Å². The molecule has 0 aliphatic carbocycles. The van der Waals surface area contributed by atoms with Crippen molar-refractivity contribution in [1.29, 1.82) is 0 Å². The van der Waals surface area contributed by atoms with Crippen LogP contribution < -0.4 is 10.1 Å². The molecule has 0 radical (unpaired) electrons. The summed E-state index contributed by atoms with van der Waals surface area (Å²) in [5.41, 5.74) is 0.0472. The maximum absolute atomic E-state index is 13.6. The molecule has 0 bridgehead atoms. The second kappa shape index (κ2) is 6.62. The third-order valence-corrected chi connectivity index (χ3v) is 3.17. The number of hydrogen-bond donors (Lipinski definition) is 1. The van der Waals surface area contributed by atoms with Crippen LogP contribution in [0.2, 0.25) is 0 Å². The number of ether oxygens (including phenoxy) is 1. The SMILES string of the molecule is O=C(Nc1cccc(OC(F)F)c1)c1c(F)cccc1Br. The Balaban J connectivity index is 2.20. The zero-order valence-electron chi connectivity index (χ0n) is 10.4. The van der Waals surface area contributed by atoms with Gasteiger partial charge in [-0.1, -0.05) is 12.1 Å². The molecule has 0 spiro atoms. The molecule has 2 aromatic carbocycles. The molecule has 2 rings (SSSR count). The lowest BCUT2D eigenvalue weighted by molar-refractivity contribution is -0.0497. The lowest BCUT2D eigenvalue weighted by Crippen LogP contribution is -2.14. The average molecular weight is 360 g/mol. The Morgan fingerprint density at radius 2 is 1.90 bits per heavy atom. The highest BCUT2D eigenvalue weighted by Gasteiger charge is 2.16. The lowest BCUT2D eigenvalue weighted by atomic mass is 10.2. The Bertz CT molecular complexity index is 644. The molecule has 0 unspecified atom stereocenters. The molecule has 1 amide bonds. The Kier molecular flexibility index (Phi) is 4.85. The molecular formula is C14H9BrF3NO2. The summed E-state index contributed by atoms with van der Waals surface area (Å²) in [7, 11) is 0. The predicted octanol–water partition coefficient (Wildman–Crippen LogP) is 4.44. The van der Waals surface area contributed by atoms with Gasteiger partial charge in [0.2, 0.25) is 0 Å². The molecule has 110 valence electrons. The van der Waals surface area contributed by atoms with E-state index in [1.807, 2.05) is 0 Å². The summed E-state index contributed by atoms with van der Waals surface area (Å²) in [6, 6.07) is 9.58. The number of benzene rings is 2. The molecule has 0 aliphatic rings. The van der Waals surface area contributed by atoms with Crippen LogP contribution in [0.3, 0.4) is 0 Å². The largest absolute Gasteiger partial charge is 0.435 e. The van der Waals surface area contributed by atoms with E-state index in [0.29, 0.717) is 4.47 Å². The molecule has 0 atom stereocenters. The van der Waals surface area contributed by atoms with E-state index in [9.17, 15) is 18.0 Å². The fourth-order valence-electron chi connectivity index (χ4n) is 1.66. The highest BCUT2D eigenvalue weighted by Crippen LogP contribution is 2.23. The number of halogens is 4. The van der Waals surface area contributed by atoms with E-state index in [1.54, 1.807) is 0 Å². The maximum Gasteiger partial charge on any atom is 0.387 e. The van der Waals surface area contributed by atoms with E-state index in [4.69, 9.17) is 0 Å². The molecule has 0 saturated heterocycles. The quantitative estimate of drug-likeness (QED) is 0.876. The first-order valence-corrected chi connectivity index (χ1v) is 6.57. The van der Waals surface area contributed by atoms with E-state index in [2.05, 4.69) is 26.0 Å². The van der Waals surface area contributed by atoms with E-state index in [-0.39, 0.29) is 17.0 Å². The predicted molar refractivity (Wildman–Crippen MR) is 75.1 cm³/mol. The van der Waals surface area contributed by atoms with Gasteiger partial charge >= 0.3 is 6.61 Å². The van der Waals surface area contributed by atoms with Crippen LogP contribution in [0.15, 0.2) is 46.9 Å². The Labute approximate surface area is 126 Å². The first kappa shape index (κ1) is 15.4. The van der Waals surface area contributed by atoms with Crippen molar-refractivity contribution in [3.8, 4) is 5.75 Å². The van der Waals surface area contributed by atoms with Crippen LogP contribution in [0.5, 0.6) is 5.75 Å². The molecule has 0 fully saturated rings. The van der Waals surface area contributed by atoms with Crippen LogP contribution in [0, 0.1) is 5.82 Å². The monoisotopic (exact) mass is 359 g/mol. The fourth-order valence-corrected chi connectivity index (χ4v) is 2.18. The van der Waals surface area contributed by atoms with Crippen molar-refractivity contribution < 1.29 is 22.7 Å². The zero-order chi connectivity index (χ0) is 15.4. The van der Waals surface area contributed by atoms with Crippen molar-refractivity contribution in [3.63, 3.8) is 0 Å². The van der Waals surface area contributed by atoms with Crippen molar-refractivity contribution in [1.82, 2.24) is 0 Å². The summed E-state index contributed by atoms with van der Waals surface area (Å²) in [4.78, 5) is 12.0. The van der Waals surface area contributed by atoms with Crippen LogP contribution in [0.1, 0.15) is 10.4 Å². The van der Waals surface area contributed by atoms with Crippen molar-refractivity contribution in [2.75, 3.05) is 5.32 Å². The number of alkyl halides is 2. The molecule has 0 aromatic heterocycles. The number of carbonyl (C=O) groups excluding carboxylic acids is 1. The number of amides is 1. The highest BCUT2D eigenvalue weighted by atomic mass is 79.9. The Morgan fingerprint density at radius 3 is 2.57 bits per heavy atom. The van der Waals surface area contributed by atoms with Crippen molar-refractivity contribution in [2.45, 2.75) is 6.61 Å². The molecule has 21 heavy (non-hydrogen) atoms. The maximum atomic E-state index is 13.6. The summed E-state index contributed by atoms with van der Waals surface area (Å²) < 4.78 is 42.4. The van der Waals surface area contributed by atoms with Gasteiger partial charge in [-0.25, -0.2) is 4.39 Å². The van der Waals surface area contributed by atoms with Gasteiger partial charge in [0.15, 0.2) is 0 Å². The van der Waals surface area contributed by atoms with Gasteiger partial charge in [-0.3, -0.25) is 4.79 Å². The normalized spacial score (nSPS) is 10.5. The first-order valence-electron chi connectivity index (χ1n) is 5.77. The fraction of sp³-hybridized carbons (Fsp3) is 0.0714. The molecule has 2 aromatic rings. The summed E-state index contributed by atoms with van der Waals surface area (Å²) >= 11 is 3.08. The minimum absolute atomic E-state index is 0.101. The van der Waals surface area contributed by atoms with E-state index in [1.165, 1.54) is 36.4 Å². The van der Waals surface area contributed by atoms with Crippen LogP contribution in [0.4, 0.5) is 18.9 Å². The second-order valence-corrected chi connectivity index (χ2v) is 4.81. The second-order valence-electron chi connectivity index (χ2n) is 3.96. The van der Waals surface area contributed by atoms with Crippen LogP contribution in [0.25, 0.3) is 0 Å². The van der Waals surface area contributed by atoms with Gasteiger partial charge in [-0.05, 0) is 40.2 Å². The highest BCUT2D eigenvalue weighted by molar-refractivity contribution is 9.10. The minimum atomic E-state index is -2.96. The van der Waals surface area contributed by atoms with Gasteiger partial charge in [-0.2, -0.15) is 8.78 Å². The third kappa shape index (κ3) is 3.98. The number of nitrogens with one attached hydrogen (secondary N) is 1. The summed E-state index contributed by atoms with van der Waals surface area (Å²) in [6.07, 6.45) is 0. The minimum Gasteiger partial charge on any atom is -0.435 e. The van der Waals surface area contributed by atoms with Crippen molar-refractivity contribution >= 4 is 27.5 Å². The lowest BCUT2D eigenvalue weighted by Gasteiger charge is -2.09. The van der Waals surface area contributed by atoms with E-state index >= 15 is 0 Å². The zero-order valence-corrected chi connectivity index (χ0v) is 12.0. The molecule has 0 aliphatic heterocycles. The van der Waals surface area contributed by atoms with Crippen molar-refractivity contribution in [3.05, 3.63) is 58.3 Å². The molecule has 7 heteroatoms. The topological polar surface area (TPSA) is 38.3 Å². The van der Waals surface area contributed by atoms with Crippen molar-refractivity contribution in [2.24, 2.45) is 0 Å². The van der Waals surface area contributed by atoms with Crippen LogP contribution >= 0.6 is 15.9 Å². The van der Waals surface area contributed by atoms with Gasteiger partial charge in [0.25, 0.3) is 5.91 Å². The van der Waals surface area contributed by atoms with Gasteiger partial charge in [0, 0.05) is 16.2 Å². The Morgan fingerprint density at radius 1 is 1.19 bits per heavy atom. The smallest absolute Gasteiger partial charge is 0.387 e. The molecule has 0 heterocycles. The first-order chi connectivity index (χ1) is 9.97. The number of anilines is 1. The van der Waals surface area contributed by atoms with Gasteiger partial charge in [0.1, 0.15) is 11.6 Å². The number of hydrogen-bond acceptors (Lipinski definition) is 2. The summed E-state index contributed by atoms with van der Waals surface area (Å²) in [6.45, 7) is -2.96. The van der Waals surface area contributed by atoms with Gasteiger partial charge in [-0.15, -0.1) is 0 Å². The molecule has 0 saturated carbocycles. The van der Waals surface area contributed by atoms with Crippen LogP contribution in [-0.2, 0) is 0 Å². The average Bonchev–Trinajstić information content (AvgIpc) is 2.37. The molecule has 3 nitrogen and oxygen atoms in total. The van der Waals surface area contributed by atoms with E-state index in [0.717, 1.165) is 6.07 Å². The third-order valence-electron chi connectivity index (χ3n) is 2.51. The summed E-state index contributed by atoms with van der Waals surface area (Å²) in [5.74, 6) is -1.49. The Hall–Kier alpha value is -2.02. The number of rotatable bonds is 4. The molecular weight excluding hydrogens is 351 g/mol. The standard InChI is InChI=1S/C14H9BrF3NO2/c15-10-5-2-6-11(16)12(10)13(20)19-8-3-1-4-9(7-8)21-14(17)18/h1-7,14H,(H,19,20). The molecule has 1 N–H and O–H groups in total. The van der Waals surface area contributed by atoms with Gasteiger partial charge < -0.3 is 10.1 Å². The summed E-state index contributed by atoms with van der Waals surface area (Å²) in [5, 5.41) is 2.42.